The van der Waals surface area contributed by atoms with Gasteiger partial charge >= 0.3 is 0 Å². The zero-order chi connectivity index (χ0) is 17.2. The maximum Gasteiger partial charge on any atom is 0.240 e. The summed E-state index contributed by atoms with van der Waals surface area (Å²) in [6.07, 6.45) is 3.46. The fraction of sp³-hybridized carbons (Fsp3) is 0.650. The Kier molecular flexibility index (Phi) is 5.34. The number of likely N-dealkylation sites (tertiary alicyclic amines) is 1. The Morgan fingerprint density at radius 1 is 1.16 bits per heavy atom. The van der Waals surface area contributed by atoms with Gasteiger partial charge in [-0.2, -0.15) is 0 Å². The van der Waals surface area contributed by atoms with E-state index in [0.717, 1.165) is 44.2 Å². The molecule has 5 heteroatoms. The summed E-state index contributed by atoms with van der Waals surface area (Å²) in [5, 5.41) is 3.49. The van der Waals surface area contributed by atoms with Crippen LogP contribution < -0.4 is 5.32 Å². The number of hydrogen-bond acceptors (Lipinski definition) is 4. The quantitative estimate of drug-likeness (QED) is 0.899. The van der Waals surface area contributed by atoms with Gasteiger partial charge in [-0.15, -0.1) is 11.8 Å². The van der Waals surface area contributed by atoms with Crippen LogP contribution in [0.3, 0.4) is 0 Å². The highest BCUT2D eigenvalue weighted by Crippen LogP contribution is 2.30. The number of amides is 1. The molecule has 0 radical (unpaired) electrons. The Morgan fingerprint density at radius 2 is 1.92 bits per heavy atom. The Balaban J connectivity index is 1.28. The van der Waals surface area contributed by atoms with Crippen LogP contribution in [0.15, 0.2) is 24.3 Å². The Morgan fingerprint density at radius 3 is 2.60 bits per heavy atom. The molecule has 4 nitrogen and oxygen atoms in total. The van der Waals surface area contributed by atoms with E-state index in [1.54, 1.807) is 0 Å². The third kappa shape index (κ3) is 3.88. The summed E-state index contributed by atoms with van der Waals surface area (Å²) in [7, 11) is 0. The molecule has 0 spiro atoms. The van der Waals surface area contributed by atoms with E-state index in [-0.39, 0.29) is 6.04 Å². The van der Waals surface area contributed by atoms with Gasteiger partial charge in [0.2, 0.25) is 5.91 Å². The lowest BCUT2D eigenvalue weighted by Gasteiger charge is -2.36. The van der Waals surface area contributed by atoms with Crippen molar-refractivity contribution in [2.75, 3.05) is 37.8 Å². The van der Waals surface area contributed by atoms with Crippen molar-refractivity contribution in [2.24, 2.45) is 0 Å². The van der Waals surface area contributed by atoms with Crippen molar-refractivity contribution in [1.82, 2.24) is 15.1 Å². The van der Waals surface area contributed by atoms with Crippen LogP contribution in [0.4, 0.5) is 0 Å². The number of piperidine rings is 1. The average molecular weight is 360 g/mol. The fourth-order valence-electron chi connectivity index (χ4n) is 4.43. The maximum absolute atomic E-state index is 12.6. The number of carbonyl (C=O) groups excluding carboxylic acids is 1. The van der Waals surface area contributed by atoms with Gasteiger partial charge in [0.25, 0.3) is 0 Å². The van der Waals surface area contributed by atoms with Crippen LogP contribution in [0.25, 0.3) is 0 Å². The number of nitrogens with one attached hydrogen (secondary N) is 1. The molecule has 136 valence electrons. The van der Waals surface area contributed by atoms with Crippen LogP contribution in [0, 0.1) is 6.92 Å². The van der Waals surface area contributed by atoms with Crippen molar-refractivity contribution in [3.63, 3.8) is 0 Å². The van der Waals surface area contributed by atoms with Gasteiger partial charge < -0.3 is 10.2 Å². The van der Waals surface area contributed by atoms with E-state index in [4.69, 9.17) is 0 Å². The van der Waals surface area contributed by atoms with Crippen LogP contribution in [0.2, 0.25) is 0 Å². The molecule has 4 rings (SSSR count). The first kappa shape index (κ1) is 17.4. The van der Waals surface area contributed by atoms with Crippen molar-refractivity contribution < 1.29 is 4.79 Å². The van der Waals surface area contributed by atoms with Crippen molar-refractivity contribution in [1.29, 1.82) is 0 Å². The second-order valence-electron chi connectivity index (χ2n) is 7.71. The van der Waals surface area contributed by atoms with Crippen molar-refractivity contribution in [2.45, 2.75) is 44.2 Å². The standard InChI is InChI=1S/C20H29N3OS/c1-15-2-4-16(5-3-15)17-6-8-22(9-7-17)18-12-19(21-13-18)20(24)23-10-11-25-14-23/h2-5,17-19,21H,6-14H2,1H3/t18-,19-/m0/s1. The summed E-state index contributed by atoms with van der Waals surface area (Å²) in [4.78, 5) is 17.2. The predicted octanol–water partition coefficient (Wildman–Crippen LogP) is 2.44. The van der Waals surface area contributed by atoms with Gasteiger partial charge in [0, 0.05) is 24.9 Å². The third-order valence-corrected chi connectivity index (χ3v) is 7.03. The molecule has 1 N–H and O–H groups in total. The molecule has 3 heterocycles. The zero-order valence-corrected chi connectivity index (χ0v) is 15.9. The predicted molar refractivity (Wildman–Crippen MR) is 104 cm³/mol. The molecule has 2 atom stereocenters. The SMILES string of the molecule is Cc1ccc(C2CCN([C@@H]3CN[C@H](C(=O)N4CCSC4)C3)CC2)cc1. The third-order valence-electron chi connectivity index (χ3n) is 6.06. The minimum atomic E-state index is 0.0403. The molecule has 1 amide bonds. The molecule has 3 aliphatic rings. The molecule has 0 bridgehead atoms. The fourth-order valence-corrected chi connectivity index (χ4v) is 5.38. The monoisotopic (exact) mass is 359 g/mol. The van der Waals surface area contributed by atoms with Crippen molar-refractivity contribution >= 4 is 17.7 Å². The van der Waals surface area contributed by atoms with Gasteiger partial charge in [0.05, 0.1) is 11.9 Å². The van der Waals surface area contributed by atoms with E-state index in [9.17, 15) is 4.79 Å². The molecule has 1 aromatic carbocycles. The van der Waals surface area contributed by atoms with Crippen LogP contribution in [-0.4, -0.2) is 65.6 Å². The van der Waals surface area contributed by atoms with E-state index in [2.05, 4.69) is 41.4 Å². The summed E-state index contributed by atoms with van der Waals surface area (Å²) in [5.41, 5.74) is 2.83. The lowest BCUT2D eigenvalue weighted by Crippen LogP contribution is -2.42. The summed E-state index contributed by atoms with van der Waals surface area (Å²) >= 11 is 1.86. The second kappa shape index (κ2) is 7.68. The zero-order valence-electron chi connectivity index (χ0n) is 15.1. The van der Waals surface area contributed by atoms with Gasteiger partial charge in [0.15, 0.2) is 0 Å². The van der Waals surface area contributed by atoms with Crippen LogP contribution in [0.5, 0.6) is 0 Å². The van der Waals surface area contributed by atoms with Crippen LogP contribution in [0.1, 0.15) is 36.3 Å². The second-order valence-corrected chi connectivity index (χ2v) is 8.79. The van der Waals surface area contributed by atoms with E-state index in [1.165, 1.54) is 24.0 Å². The lowest BCUT2D eigenvalue weighted by molar-refractivity contribution is -0.131. The number of nitrogens with zero attached hydrogens (tertiary/aromatic N) is 2. The molecule has 1 aromatic rings. The number of hydrogen-bond donors (Lipinski definition) is 1. The Labute approximate surface area is 155 Å². The largest absolute Gasteiger partial charge is 0.331 e. The summed E-state index contributed by atoms with van der Waals surface area (Å²) < 4.78 is 0. The maximum atomic E-state index is 12.6. The molecule has 0 saturated carbocycles. The molecular weight excluding hydrogens is 330 g/mol. The van der Waals surface area contributed by atoms with Gasteiger partial charge in [-0.1, -0.05) is 29.8 Å². The number of thioether (sulfide) groups is 1. The number of aryl methyl sites for hydroxylation is 1. The first-order valence-corrected chi connectivity index (χ1v) is 10.8. The first-order chi connectivity index (χ1) is 12.2. The minimum absolute atomic E-state index is 0.0403. The molecule has 3 aliphatic heterocycles. The van der Waals surface area contributed by atoms with E-state index in [0.29, 0.717) is 17.9 Å². The molecular formula is C20H29N3OS. The van der Waals surface area contributed by atoms with E-state index < -0.39 is 0 Å². The van der Waals surface area contributed by atoms with Crippen LogP contribution >= 0.6 is 11.8 Å². The number of benzene rings is 1. The van der Waals surface area contributed by atoms with E-state index in [1.807, 2.05) is 16.7 Å². The highest BCUT2D eigenvalue weighted by atomic mass is 32.2. The summed E-state index contributed by atoms with van der Waals surface area (Å²) in [5.74, 6) is 2.99. The van der Waals surface area contributed by atoms with E-state index >= 15 is 0 Å². The molecule has 0 unspecified atom stereocenters. The highest BCUT2D eigenvalue weighted by molar-refractivity contribution is 7.99. The molecule has 3 fully saturated rings. The molecule has 0 aliphatic carbocycles. The molecule has 0 aromatic heterocycles. The van der Waals surface area contributed by atoms with Crippen molar-refractivity contribution in [3.8, 4) is 0 Å². The van der Waals surface area contributed by atoms with Gasteiger partial charge in [-0.25, -0.2) is 0 Å². The highest BCUT2D eigenvalue weighted by Gasteiger charge is 2.36. The topological polar surface area (TPSA) is 35.6 Å². The van der Waals surface area contributed by atoms with Gasteiger partial charge in [-0.05, 0) is 50.8 Å². The first-order valence-electron chi connectivity index (χ1n) is 9.61. The Hall–Kier alpha value is -1.04. The van der Waals surface area contributed by atoms with Gasteiger partial charge in [-0.3, -0.25) is 9.69 Å². The summed E-state index contributed by atoms with van der Waals surface area (Å²) in [6.45, 7) is 6.36. The van der Waals surface area contributed by atoms with Crippen LogP contribution in [-0.2, 0) is 4.79 Å². The minimum Gasteiger partial charge on any atom is -0.331 e. The lowest BCUT2D eigenvalue weighted by atomic mass is 9.88. The number of rotatable bonds is 3. The normalized spacial score (nSPS) is 28.6. The number of carbonyl (C=O) groups is 1. The molecule has 3 saturated heterocycles. The molecule has 25 heavy (non-hydrogen) atoms. The smallest absolute Gasteiger partial charge is 0.240 e. The Bertz CT molecular complexity index is 591. The summed E-state index contributed by atoms with van der Waals surface area (Å²) in [6, 6.07) is 9.64. The van der Waals surface area contributed by atoms with Gasteiger partial charge in [0.1, 0.15) is 0 Å². The van der Waals surface area contributed by atoms with Crippen molar-refractivity contribution in [3.05, 3.63) is 35.4 Å². The average Bonchev–Trinajstić information content (AvgIpc) is 3.34.